The number of amides is 1. The van der Waals surface area contributed by atoms with Crippen molar-refractivity contribution in [1.29, 1.82) is 5.26 Å². The molecule has 0 bridgehead atoms. The molecule has 3 aromatic heterocycles. The number of pyridine rings is 2. The van der Waals surface area contributed by atoms with Gasteiger partial charge in [-0.25, -0.2) is 13.8 Å². The van der Waals surface area contributed by atoms with Crippen LogP contribution in [0, 0.1) is 29.9 Å². The highest BCUT2D eigenvalue weighted by Gasteiger charge is 2.23. The van der Waals surface area contributed by atoms with Crippen LogP contribution in [0.4, 0.5) is 8.78 Å². The van der Waals surface area contributed by atoms with Gasteiger partial charge in [-0.05, 0) is 49.6 Å². The molecule has 1 saturated heterocycles. The predicted octanol–water partition coefficient (Wildman–Crippen LogP) is 3.03. The van der Waals surface area contributed by atoms with Crippen molar-refractivity contribution >= 4 is 22.6 Å². The SMILES string of the molecule is Cc1cccn2c(=O)c3cc(C#N)c(=NC(=O)c4c(F)cccc4F)n(CC4CCCO4)c3nc12. The van der Waals surface area contributed by atoms with Crippen molar-refractivity contribution in [2.45, 2.75) is 32.4 Å². The zero-order valence-electron chi connectivity index (χ0n) is 18.7. The number of hydrogen-bond donors (Lipinski definition) is 0. The first-order valence-electron chi connectivity index (χ1n) is 11.0. The van der Waals surface area contributed by atoms with E-state index in [1.54, 1.807) is 25.3 Å². The second-order valence-corrected chi connectivity index (χ2v) is 8.29. The van der Waals surface area contributed by atoms with Crippen molar-refractivity contribution in [3.63, 3.8) is 0 Å². The molecule has 35 heavy (non-hydrogen) atoms. The number of nitriles is 1. The fourth-order valence-corrected chi connectivity index (χ4v) is 4.31. The molecule has 1 fully saturated rings. The molecule has 5 rings (SSSR count). The van der Waals surface area contributed by atoms with E-state index in [0.29, 0.717) is 18.7 Å². The Bertz CT molecular complexity index is 1660. The summed E-state index contributed by atoms with van der Waals surface area (Å²) in [5.74, 6) is -3.32. The standard InChI is InChI=1S/C25H19F2N5O3/c1-14-5-3-9-31-21(14)29-23-17(25(31)34)11-15(12-28)22(32(23)13-16-6-4-10-35-16)30-24(33)20-18(26)7-2-8-19(20)27/h2-3,5,7-9,11,16H,4,6,10,13H2,1H3. The highest BCUT2D eigenvalue weighted by molar-refractivity contribution is 5.95. The Kier molecular flexibility index (Phi) is 5.70. The number of aromatic nitrogens is 3. The van der Waals surface area contributed by atoms with Crippen LogP contribution in [-0.4, -0.2) is 32.6 Å². The number of carbonyl (C=O) groups excluding carboxylic acids is 1. The van der Waals surface area contributed by atoms with Gasteiger partial charge >= 0.3 is 0 Å². The van der Waals surface area contributed by atoms with E-state index in [0.717, 1.165) is 30.2 Å². The van der Waals surface area contributed by atoms with Gasteiger partial charge in [-0.3, -0.25) is 14.0 Å². The molecule has 0 saturated carbocycles. The van der Waals surface area contributed by atoms with Crippen LogP contribution in [0.2, 0.25) is 0 Å². The van der Waals surface area contributed by atoms with E-state index in [1.807, 2.05) is 6.07 Å². The molecule has 8 nitrogen and oxygen atoms in total. The van der Waals surface area contributed by atoms with Gasteiger partial charge in [0.15, 0.2) is 5.49 Å². The maximum atomic E-state index is 14.3. The summed E-state index contributed by atoms with van der Waals surface area (Å²) >= 11 is 0. The van der Waals surface area contributed by atoms with Gasteiger partial charge in [0.05, 0.1) is 23.6 Å². The number of rotatable bonds is 3. The molecule has 0 aliphatic carbocycles. The number of hydrogen-bond acceptors (Lipinski definition) is 5. The van der Waals surface area contributed by atoms with E-state index in [9.17, 15) is 23.6 Å². The van der Waals surface area contributed by atoms with E-state index in [1.165, 1.54) is 15.0 Å². The van der Waals surface area contributed by atoms with Crippen molar-refractivity contribution in [3.8, 4) is 6.07 Å². The second-order valence-electron chi connectivity index (χ2n) is 8.29. The summed E-state index contributed by atoms with van der Waals surface area (Å²) in [4.78, 5) is 34.8. The van der Waals surface area contributed by atoms with Crippen LogP contribution in [0.15, 0.2) is 52.4 Å². The Labute approximate surface area is 197 Å². The fourth-order valence-electron chi connectivity index (χ4n) is 4.31. The van der Waals surface area contributed by atoms with E-state index in [4.69, 9.17) is 4.74 Å². The lowest BCUT2D eigenvalue weighted by molar-refractivity contribution is 0.0950. The summed E-state index contributed by atoms with van der Waals surface area (Å²) in [6.45, 7) is 2.49. The summed E-state index contributed by atoms with van der Waals surface area (Å²) in [5, 5.41) is 10.0. The molecular formula is C25H19F2N5O3. The normalized spacial score (nSPS) is 16.2. The highest BCUT2D eigenvalue weighted by atomic mass is 19.1. The number of nitrogens with zero attached hydrogens (tertiary/aromatic N) is 5. The maximum Gasteiger partial charge on any atom is 0.284 e. The first-order valence-corrected chi connectivity index (χ1v) is 11.0. The van der Waals surface area contributed by atoms with Crippen molar-refractivity contribution in [3.05, 3.63) is 86.8 Å². The lowest BCUT2D eigenvalue weighted by Crippen LogP contribution is -2.33. The minimum atomic E-state index is -1.19. The number of fused-ring (bicyclic) bond motifs is 2. The largest absolute Gasteiger partial charge is 0.376 e. The van der Waals surface area contributed by atoms with Crippen LogP contribution < -0.4 is 11.0 Å². The summed E-state index contributed by atoms with van der Waals surface area (Å²) < 4.78 is 37.1. The second kappa shape index (κ2) is 8.85. The molecule has 4 heterocycles. The van der Waals surface area contributed by atoms with Gasteiger partial charge in [0.25, 0.3) is 11.5 Å². The Morgan fingerprint density at radius 1 is 1.26 bits per heavy atom. The van der Waals surface area contributed by atoms with E-state index in [2.05, 4.69) is 9.98 Å². The molecule has 0 N–H and O–H groups in total. The van der Waals surface area contributed by atoms with Crippen LogP contribution in [0.1, 0.15) is 34.3 Å². The Morgan fingerprint density at radius 2 is 2.03 bits per heavy atom. The lowest BCUT2D eigenvalue weighted by Gasteiger charge is -2.17. The summed E-state index contributed by atoms with van der Waals surface area (Å²) in [6, 6.07) is 9.82. The number of ether oxygens (including phenoxy) is 1. The van der Waals surface area contributed by atoms with Crippen LogP contribution in [-0.2, 0) is 11.3 Å². The maximum absolute atomic E-state index is 14.3. The molecule has 1 unspecified atom stereocenters. The minimum Gasteiger partial charge on any atom is -0.376 e. The zero-order valence-corrected chi connectivity index (χ0v) is 18.7. The Morgan fingerprint density at radius 3 is 2.71 bits per heavy atom. The molecule has 1 aliphatic rings. The average molecular weight is 475 g/mol. The molecule has 10 heteroatoms. The number of benzene rings is 1. The molecule has 0 spiro atoms. The average Bonchev–Trinajstić information content (AvgIpc) is 3.34. The molecular weight excluding hydrogens is 456 g/mol. The van der Waals surface area contributed by atoms with Crippen molar-refractivity contribution in [2.24, 2.45) is 4.99 Å². The lowest BCUT2D eigenvalue weighted by atomic mass is 10.1. The van der Waals surface area contributed by atoms with E-state index >= 15 is 0 Å². The monoisotopic (exact) mass is 475 g/mol. The molecule has 1 amide bonds. The van der Waals surface area contributed by atoms with Crippen molar-refractivity contribution in [2.75, 3.05) is 6.61 Å². The van der Waals surface area contributed by atoms with E-state index in [-0.39, 0.29) is 34.7 Å². The van der Waals surface area contributed by atoms with Crippen LogP contribution in [0.25, 0.3) is 16.7 Å². The fraction of sp³-hybridized carbons (Fsp3) is 0.240. The third-order valence-corrected chi connectivity index (χ3v) is 6.02. The van der Waals surface area contributed by atoms with Gasteiger partial charge in [0.2, 0.25) is 0 Å². The summed E-state index contributed by atoms with van der Waals surface area (Å²) in [6.07, 6.45) is 2.84. The van der Waals surface area contributed by atoms with Crippen LogP contribution in [0.5, 0.6) is 0 Å². The first kappa shape index (κ1) is 22.6. The molecule has 1 aromatic carbocycles. The van der Waals surface area contributed by atoms with Gasteiger partial charge in [-0.1, -0.05) is 12.1 Å². The van der Waals surface area contributed by atoms with Gasteiger partial charge in [-0.2, -0.15) is 10.3 Å². The Balaban J connectivity index is 1.87. The van der Waals surface area contributed by atoms with Gasteiger partial charge < -0.3 is 9.30 Å². The molecule has 176 valence electrons. The van der Waals surface area contributed by atoms with Crippen molar-refractivity contribution < 1.29 is 18.3 Å². The van der Waals surface area contributed by atoms with Crippen LogP contribution in [0.3, 0.4) is 0 Å². The topological polar surface area (TPSA) is 102 Å². The number of carbonyl (C=O) groups is 1. The molecule has 0 radical (unpaired) electrons. The Hall–Kier alpha value is -4.23. The zero-order chi connectivity index (χ0) is 24.7. The summed E-state index contributed by atoms with van der Waals surface area (Å²) in [7, 11) is 0. The highest BCUT2D eigenvalue weighted by Crippen LogP contribution is 2.18. The molecule has 1 atom stereocenters. The quantitative estimate of drug-likeness (QED) is 0.424. The smallest absolute Gasteiger partial charge is 0.284 e. The van der Waals surface area contributed by atoms with Gasteiger partial charge in [0.1, 0.15) is 34.6 Å². The minimum absolute atomic E-state index is 0.105. The van der Waals surface area contributed by atoms with Crippen LogP contribution >= 0.6 is 0 Å². The van der Waals surface area contributed by atoms with Crippen molar-refractivity contribution in [1.82, 2.24) is 14.0 Å². The molecule has 1 aliphatic heterocycles. The number of halogens is 2. The van der Waals surface area contributed by atoms with Gasteiger partial charge in [-0.15, -0.1) is 0 Å². The van der Waals surface area contributed by atoms with E-state index < -0.39 is 28.7 Å². The first-order chi connectivity index (χ1) is 16.9. The third-order valence-electron chi connectivity index (χ3n) is 6.02. The third kappa shape index (κ3) is 3.90. The molecule has 4 aromatic rings. The number of aryl methyl sites for hydroxylation is 1. The summed E-state index contributed by atoms with van der Waals surface area (Å²) in [5.41, 5.74) is -0.151. The predicted molar refractivity (Wildman–Crippen MR) is 122 cm³/mol. The van der Waals surface area contributed by atoms with Gasteiger partial charge in [0, 0.05) is 12.8 Å².